The summed E-state index contributed by atoms with van der Waals surface area (Å²) < 4.78 is 0. The molecular weight excluding hydrogens is 388 g/mol. The molecule has 1 atom stereocenters. The SMILES string of the molecule is O=C(NC[C@@H](c1cccnc1)N1CCc2ccccc2C1)C(=O)NC1CCCCCC1. The summed E-state index contributed by atoms with van der Waals surface area (Å²) in [6.45, 7) is 2.10. The van der Waals surface area contributed by atoms with Gasteiger partial charge < -0.3 is 10.6 Å². The summed E-state index contributed by atoms with van der Waals surface area (Å²) in [5.41, 5.74) is 3.75. The lowest BCUT2D eigenvalue weighted by molar-refractivity contribution is -0.139. The molecule has 2 aliphatic rings. The summed E-state index contributed by atoms with van der Waals surface area (Å²) in [5.74, 6) is -1.06. The molecule has 6 heteroatoms. The van der Waals surface area contributed by atoms with Gasteiger partial charge in [0, 0.05) is 38.1 Å². The van der Waals surface area contributed by atoms with Crippen LogP contribution in [0.3, 0.4) is 0 Å². The summed E-state index contributed by atoms with van der Waals surface area (Å²) in [7, 11) is 0. The highest BCUT2D eigenvalue weighted by Gasteiger charge is 2.27. The Hall–Kier alpha value is -2.73. The van der Waals surface area contributed by atoms with Crippen molar-refractivity contribution >= 4 is 11.8 Å². The molecule has 164 valence electrons. The van der Waals surface area contributed by atoms with Gasteiger partial charge in [0.1, 0.15) is 0 Å². The minimum atomic E-state index is -0.546. The van der Waals surface area contributed by atoms with Crippen molar-refractivity contribution in [1.82, 2.24) is 20.5 Å². The molecule has 1 saturated carbocycles. The Morgan fingerprint density at radius 3 is 2.52 bits per heavy atom. The lowest BCUT2D eigenvalue weighted by Crippen LogP contribution is -2.47. The smallest absolute Gasteiger partial charge is 0.309 e. The second-order valence-corrected chi connectivity index (χ2v) is 8.66. The Bertz CT molecular complexity index is 878. The number of benzene rings is 1. The molecule has 0 saturated heterocycles. The van der Waals surface area contributed by atoms with Gasteiger partial charge in [-0.1, -0.05) is 56.0 Å². The van der Waals surface area contributed by atoms with Gasteiger partial charge in [0.15, 0.2) is 0 Å². The van der Waals surface area contributed by atoms with Crippen LogP contribution in [-0.4, -0.2) is 40.8 Å². The molecule has 1 aromatic carbocycles. The van der Waals surface area contributed by atoms with Gasteiger partial charge in [-0.25, -0.2) is 0 Å². The van der Waals surface area contributed by atoms with E-state index in [1.165, 1.54) is 24.0 Å². The molecule has 1 aliphatic carbocycles. The average Bonchev–Trinajstić information content (AvgIpc) is 3.08. The monoisotopic (exact) mass is 420 g/mol. The zero-order valence-corrected chi connectivity index (χ0v) is 18.1. The predicted molar refractivity (Wildman–Crippen MR) is 120 cm³/mol. The molecule has 2 heterocycles. The maximum Gasteiger partial charge on any atom is 0.309 e. The van der Waals surface area contributed by atoms with Crippen molar-refractivity contribution in [2.45, 2.75) is 63.6 Å². The first-order chi connectivity index (χ1) is 15.2. The number of carbonyl (C=O) groups excluding carboxylic acids is 2. The maximum absolute atomic E-state index is 12.6. The van der Waals surface area contributed by atoms with E-state index in [1.54, 1.807) is 6.20 Å². The number of nitrogens with zero attached hydrogens (tertiary/aromatic N) is 2. The lowest BCUT2D eigenvalue weighted by atomic mass is 9.97. The number of fused-ring (bicyclic) bond motifs is 1. The summed E-state index contributed by atoms with van der Waals surface area (Å²) in [5, 5.41) is 5.82. The number of rotatable bonds is 5. The molecule has 6 nitrogen and oxygen atoms in total. The molecule has 2 amide bonds. The first-order valence-corrected chi connectivity index (χ1v) is 11.5. The molecule has 1 aliphatic heterocycles. The van der Waals surface area contributed by atoms with Gasteiger partial charge in [0.2, 0.25) is 0 Å². The molecule has 1 fully saturated rings. The van der Waals surface area contributed by atoms with Crippen LogP contribution in [0.15, 0.2) is 48.8 Å². The Morgan fingerprint density at radius 1 is 1.00 bits per heavy atom. The van der Waals surface area contributed by atoms with Gasteiger partial charge in [-0.15, -0.1) is 0 Å². The molecule has 0 bridgehead atoms. The fraction of sp³-hybridized carbons (Fsp3) is 0.480. The van der Waals surface area contributed by atoms with Crippen molar-refractivity contribution < 1.29 is 9.59 Å². The lowest BCUT2D eigenvalue weighted by Gasteiger charge is -2.36. The van der Waals surface area contributed by atoms with Crippen molar-refractivity contribution in [3.63, 3.8) is 0 Å². The van der Waals surface area contributed by atoms with Crippen LogP contribution < -0.4 is 10.6 Å². The van der Waals surface area contributed by atoms with Crippen LogP contribution in [0.1, 0.15) is 61.3 Å². The van der Waals surface area contributed by atoms with E-state index in [4.69, 9.17) is 0 Å². The van der Waals surface area contributed by atoms with Crippen molar-refractivity contribution in [2.75, 3.05) is 13.1 Å². The third-order valence-corrected chi connectivity index (χ3v) is 6.52. The van der Waals surface area contributed by atoms with Gasteiger partial charge in [0.05, 0.1) is 6.04 Å². The third kappa shape index (κ3) is 5.70. The highest BCUT2D eigenvalue weighted by Crippen LogP contribution is 2.27. The fourth-order valence-electron chi connectivity index (χ4n) is 4.76. The Morgan fingerprint density at radius 2 is 1.77 bits per heavy atom. The number of amides is 2. The Kier molecular flexibility index (Phi) is 7.30. The Balaban J connectivity index is 1.40. The van der Waals surface area contributed by atoms with E-state index in [2.05, 4.69) is 44.8 Å². The van der Waals surface area contributed by atoms with Crippen LogP contribution in [0.2, 0.25) is 0 Å². The number of hydrogen-bond acceptors (Lipinski definition) is 4. The number of aromatic nitrogens is 1. The van der Waals surface area contributed by atoms with E-state index < -0.39 is 11.8 Å². The van der Waals surface area contributed by atoms with Crippen molar-refractivity contribution in [3.8, 4) is 0 Å². The van der Waals surface area contributed by atoms with Crippen LogP contribution in [0, 0.1) is 0 Å². The maximum atomic E-state index is 12.6. The molecule has 0 unspecified atom stereocenters. The highest BCUT2D eigenvalue weighted by molar-refractivity contribution is 6.35. The number of hydrogen-bond donors (Lipinski definition) is 2. The summed E-state index contributed by atoms with van der Waals surface area (Å²) >= 11 is 0. The van der Waals surface area contributed by atoms with Gasteiger partial charge in [-0.05, 0) is 42.0 Å². The zero-order chi connectivity index (χ0) is 21.5. The largest absolute Gasteiger partial charge is 0.346 e. The fourth-order valence-corrected chi connectivity index (χ4v) is 4.76. The normalized spacial score (nSPS) is 18.5. The highest BCUT2D eigenvalue weighted by atomic mass is 16.2. The van der Waals surface area contributed by atoms with Gasteiger partial charge in [-0.3, -0.25) is 19.5 Å². The number of carbonyl (C=O) groups is 2. The topological polar surface area (TPSA) is 74.3 Å². The third-order valence-electron chi connectivity index (χ3n) is 6.52. The second kappa shape index (κ2) is 10.5. The van der Waals surface area contributed by atoms with E-state index in [-0.39, 0.29) is 12.1 Å². The van der Waals surface area contributed by atoms with E-state index in [0.29, 0.717) is 6.54 Å². The zero-order valence-electron chi connectivity index (χ0n) is 18.1. The van der Waals surface area contributed by atoms with Gasteiger partial charge in [-0.2, -0.15) is 0 Å². The first kappa shape index (κ1) is 21.5. The summed E-state index contributed by atoms with van der Waals surface area (Å²) in [6, 6.07) is 12.6. The van der Waals surface area contributed by atoms with E-state index in [0.717, 1.165) is 50.8 Å². The molecule has 0 radical (unpaired) electrons. The van der Waals surface area contributed by atoms with E-state index >= 15 is 0 Å². The number of pyridine rings is 1. The average molecular weight is 421 g/mol. The van der Waals surface area contributed by atoms with Crippen LogP contribution in [0.4, 0.5) is 0 Å². The van der Waals surface area contributed by atoms with Gasteiger partial charge in [0.25, 0.3) is 0 Å². The standard InChI is InChI=1S/C25H32N4O2/c30-24(25(31)28-22-11-3-1-2-4-12-22)27-17-23(20-10-7-14-26-16-20)29-15-13-19-8-5-6-9-21(19)18-29/h5-10,14,16,22-23H,1-4,11-13,15,17-18H2,(H,27,30)(H,28,31)/t23-/m0/s1. The quantitative estimate of drug-likeness (QED) is 0.576. The molecule has 0 spiro atoms. The second-order valence-electron chi connectivity index (χ2n) is 8.66. The van der Waals surface area contributed by atoms with Crippen molar-refractivity contribution in [2.24, 2.45) is 0 Å². The van der Waals surface area contributed by atoms with Crippen LogP contribution in [0.5, 0.6) is 0 Å². The van der Waals surface area contributed by atoms with Crippen LogP contribution in [0.25, 0.3) is 0 Å². The molecule has 4 rings (SSSR count). The molecule has 1 aromatic heterocycles. The predicted octanol–water partition coefficient (Wildman–Crippen LogP) is 3.14. The minimum absolute atomic E-state index is 0.0308. The van der Waals surface area contributed by atoms with Crippen molar-refractivity contribution in [3.05, 3.63) is 65.5 Å². The van der Waals surface area contributed by atoms with Crippen molar-refractivity contribution in [1.29, 1.82) is 0 Å². The van der Waals surface area contributed by atoms with Gasteiger partial charge >= 0.3 is 11.8 Å². The molecular formula is C25H32N4O2. The summed E-state index contributed by atoms with van der Waals surface area (Å²) in [4.78, 5) is 31.7. The first-order valence-electron chi connectivity index (χ1n) is 11.5. The molecule has 2 N–H and O–H groups in total. The van der Waals surface area contributed by atoms with Crippen LogP contribution >= 0.6 is 0 Å². The van der Waals surface area contributed by atoms with E-state index in [9.17, 15) is 9.59 Å². The minimum Gasteiger partial charge on any atom is -0.346 e. The summed E-state index contributed by atoms with van der Waals surface area (Å²) in [6.07, 6.45) is 11.2. The Labute approximate surface area is 184 Å². The van der Waals surface area contributed by atoms with Crippen LogP contribution in [-0.2, 0) is 22.6 Å². The van der Waals surface area contributed by atoms with E-state index in [1.807, 2.05) is 18.3 Å². The molecule has 2 aromatic rings. The molecule has 31 heavy (non-hydrogen) atoms. The number of nitrogens with one attached hydrogen (secondary N) is 2.